The largest absolute Gasteiger partial charge is 0.383 e. The Labute approximate surface area is 173 Å². The van der Waals surface area contributed by atoms with E-state index >= 15 is 0 Å². The summed E-state index contributed by atoms with van der Waals surface area (Å²) in [5.41, 5.74) is 5.71. The summed E-state index contributed by atoms with van der Waals surface area (Å²) >= 11 is 0. The average Bonchev–Trinajstić information content (AvgIpc) is 3.27. The number of anilines is 2. The fraction of sp³-hybridized carbons (Fsp3) is 0.350. The standard InChI is InChI=1S/C20H25N7O3/c1-3-4-10-25-17(21)16(18(28)24-20(25)30)26(11-15-8-6-5-7-9-15)19(29)14(2)27-13-22-12-23-27/h5-9,12-14H,3-4,10-11,21H2,1-2H3,(H,24,28,30). The molecule has 30 heavy (non-hydrogen) atoms. The third-order valence-corrected chi connectivity index (χ3v) is 4.86. The quantitative estimate of drug-likeness (QED) is 0.574. The smallest absolute Gasteiger partial charge is 0.330 e. The lowest BCUT2D eigenvalue weighted by Gasteiger charge is -2.27. The van der Waals surface area contributed by atoms with E-state index in [1.165, 1.54) is 26.8 Å². The van der Waals surface area contributed by atoms with Crippen LogP contribution in [0.1, 0.15) is 38.3 Å². The highest BCUT2D eigenvalue weighted by molar-refractivity contribution is 5.97. The molecule has 1 aromatic carbocycles. The second-order valence-corrected chi connectivity index (χ2v) is 6.96. The molecular formula is C20H25N7O3. The molecule has 158 valence electrons. The Kier molecular flexibility index (Phi) is 6.45. The van der Waals surface area contributed by atoms with Gasteiger partial charge in [-0.25, -0.2) is 14.5 Å². The van der Waals surface area contributed by atoms with Gasteiger partial charge in [-0.1, -0.05) is 43.7 Å². The summed E-state index contributed by atoms with van der Waals surface area (Å²) in [7, 11) is 0. The van der Waals surface area contributed by atoms with Gasteiger partial charge < -0.3 is 5.73 Å². The second kappa shape index (κ2) is 9.21. The molecule has 3 rings (SSSR count). The lowest BCUT2D eigenvalue weighted by atomic mass is 10.1. The van der Waals surface area contributed by atoms with Gasteiger partial charge in [0, 0.05) is 6.54 Å². The summed E-state index contributed by atoms with van der Waals surface area (Å²) in [6.45, 7) is 4.10. The van der Waals surface area contributed by atoms with Crippen LogP contribution in [0.25, 0.3) is 0 Å². The van der Waals surface area contributed by atoms with Gasteiger partial charge in [0.05, 0.1) is 6.54 Å². The van der Waals surface area contributed by atoms with Crippen molar-refractivity contribution in [1.29, 1.82) is 0 Å². The Morgan fingerprint density at radius 2 is 2.00 bits per heavy atom. The fourth-order valence-electron chi connectivity index (χ4n) is 3.17. The van der Waals surface area contributed by atoms with Crippen molar-refractivity contribution in [2.45, 2.75) is 45.8 Å². The molecule has 0 spiro atoms. The van der Waals surface area contributed by atoms with Crippen LogP contribution in [0.4, 0.5) is 11.5 Å². The normalized spacial score (nSPS) is 11.9. The van der Waals surface area contributed by atoms with Crippen LogP contribution in [-0.4, -0.2) is 30.2 Å². The number of amides is 1. The van der Waals surface area contributed by atoms with Crippen LogP contribution in [0.15, 0.2) is 52.6 Å². The number of nitrogens with two attached hydrogens (primary N) is 1. The number of unbranched alkanes of at least 4 members (excludes halogenated alkanes) is 1. The fourth-order valence-corrected chi connectivity index (χ4v) is 3.17. The molecule has 2 heterocycles. The van der Waals surface area contributed by atoms with Crippen LogP contribution in [0.2, 0.25) is 0 Å². The van der Waals surface area contributed by atoms with Crippen molar-refractivity contribution in [3.63, 3.8) is 0 Å². The highest BCUT2D eigenvalue weighted by Crippen LogP contribution is 2.23. The highest BCUT2D eigenvalue weighted by atomic mass is 16.2. The van der Waals surface area contributed by atoms with Gasteiger partial charge >= 0.3 is 5.69 Å². The minimum atomic E-state index is -0.731. The van der Waals surface area contributed by atoms with Gasteiger partial charge in [0.1, 0.15) is 24.5 Å². The van der Waals surface area contributed by atoms with Crippen LogP contribution < -0.4 is 21.9 Å². The Hall–Kier alpha value is -3.69. The van der Waals surface area contributed by atoms with Crippen molar-refractivity contribution < 1.29 is 4.79 Å². The Balaban J connectivity index is 2.11. The molecule has 0 fully saturated rings. The van der Waals surface area contributed by atoms with Crippen LogP contribution >= 0.6 is 0 Å². The summed E-state index contributed by atoms with van der Waals surface area (Å²) in [5, 5.41) is 4.02. The molecule has 0 saturated heterocycles. The number of nitrogen functional groups attached to an aromatic ring is 1. The van der Waals surface area contributed by atoms with Crippen LogP contribution in [0, 0.1) is 0 Å². The predicted molar refractivity (Wildman–Crippen MR) is 113 cm³/mol. The van der Waals surface area contributed by atoms with Gasteiger partial charge in [-0.3, -0.25) is 24.0 Å². The number of hydrogen-bond acceptors (Lipinski definition) is 6. The second-order valence-electron chi connectivity index (χ2n) is 6.96. The third kappa shape index (κ3) is 4.32. The number of carbonyl (C=O) groups excluding carboxylic acids is 1. The SMILES string of the molecule is CCCCn1c(N)c(N(Cc2ccccc2)C(=O)C(C)n2cncn2)c(=O)[nH]c1=O. The molecule has 3 aromatic rings. The highest BCUT2D eigenvalue weighted by Gasteiger charge is 2.29. The molecular weight excluding hydrogens is 386 g/mol. The lowest BCUT2D eigenvalue weighted by Crippen LogP contribution is -2.43. The average molecular weight is 411 g/mol. The summed E-state index contributed by atoms with van der Waals surface area (Å²) < 4.78 is 2.70. The topological polar surface area (TPSA) is 132 Å². The number of aromatic nitrogens is 5. The first-order chi connectivity index (χ1) is 14.4. The number of rotatable bonds is 8. The molecule has 2 aromatic heterocycles. The number of H-pyrrole nitrogens is 1. The number of aromatic amines is 1. The van der Waals surface area contributed by atoms with Crippen molar-refractivity contribution >= 4 is 17.4 Å². The predicted octanol–water partition coefficient (Wildman–Crippen LogP) is 1.30. The molecule has 10 nitrogen and oxygen atoms in total. The van der Waals surface area contributed by atoms with Crippen molar-refractivity contribution in [3.8, 4) is 0 Å². The van der Waals surface area contributed by atoms with E-state index in [0.29, 0.717) is 13.0 Å². The van der Waals surface area contributed by atoms with E-state index < -0.39 is 23.2 Å². The van der Waals surface area contributed by atoms with E-state index in [2.05, 4.69) is 15.1 Å². The molecule has 0 radical (unpaired) electrons. The summed E-state index contributed by atoms with van der Waals surface area (Å²) in [6.07, 6.45) is 4.31. The summed E-state index contributed by atoms with van der Waals surface area (Å²) in [6, 6.07) is 8.50. The number of hydrogen-bond donors (Lipinski definition) is 2. The lowest BCUT2D eigenvalue weighted by molar-refractivity contribution is -0.121. The Morgan fingerprint density at radius 3 is 2.63 bits per heavy atom. The van der Waals surface area contributed by atoms with E-state index in [9.17, 15) is 14.4 Å². The van der Waals surface area contributed by atoms with Crippen LogP contribution in [-0.2, 0) is 17.9 Å². The van der Waals surface area contributed by atoms with E-state index in [1.54, 1.807) is 6.92 Å². The number of nitrogens with zero attached hydrogens (tertiary/aromatic N) is 5. The molecule has 0 saturated carbocycles. The van der Waals surface area contributed by atoms with E-state index in [0.717, 1.165) is 12.0 Å². The zero-order valence-corrected chi connectivity index (χ0v) is 17.0. The molecule has 1 atom stereocenters. The third-order valence-electron chi connectivity index (χ3n) is 4.86. The molecule has 3 N–H and O–H groups in total. The maximum absolute atomic E-state index is 13.4. The van der Waals surface area contributed by atoms with Gasteiger partial charge in [-0.15, -0.1) is 0 Å². The zero-order chi connectivity index (χ0) is 21.7. The monoisotopic (exact) mass is 411 g/mol. The first-order valence-corrected chi connectivity index (χ1v) is 9.76. The van der Waals surface area contributed by atoms with Crippen LogP contribution in [0.5, 0.6) is 0 Å². The van der Waals surface area contributed by atoms with Crippen molar-refractivity contribution in [1.82, 2.24) is 24.3 Å². The molecule has 0 bridgehead atoms. The zero-order valence-electron chi connectivity index (χ0n) is 17.0. The molecule has 0 aliphatic carbocycles. The van der Waals surface area contributed by atoms with Gasteiger partial charge in [0.15, 0.2) is 5.69 Å². The van der Waals surface area contributed by atoms with E-state index in [1.807, 2.05) is 37.3 Å². The summed E-state index contributed by atoms with van der Waals surface area (Å²) in [5.74, 6) is -0.436. The van der Waals surface area contributed by atoms with Crippen molar-refractivity contribution in [2.24, 2.45) is 0 Å². The number of carbonyl (C=O) groups is 1. The van der Waals surface area contributed by atoms with Crippen LogP contribution in [0.3, 0.4) is 0 Å². The molecule has 10 heteroatoms. The first kappa shape index (κ1) is 21.0. The van der Waals surface area contributed by atoms with E-state index in [4.69, 9.17) is 5.73 Å². The minimum Gasteiger partial charge on any atom is -0.383 e. The number of nitrogens with one attached hydrogen (secondary N) is 1. The van der Waals surface area contributed by atoms with Crippen molar-refractivity contribution in [3.05, 3.63) is 69.4 Å². The molecule has 1 unspecified atom stereocenters. The minimum absolute atomic E-state index is 0.0349. The first-order valence-electron chi connectivity index (χ1n) is 9.76. The summed E-state index contributed by atoms with van der Waals surface area (Å²) in [4.78, 5) is 45.9. The van der Waals surface area contributed by atoms with Gasteiger partial charge in [-0.2, -0.15) is 5.10 Å². The maximum Gasteiger partial charge on any atom is 0.330 e. The molecule has 0 aliphatic rings. The number of benzene rings is 1. The Morgan fingerprint density at radius 1 is 1.27 bits per heavy atom. The van der Waals surface area contributed by atoms with E-state index in [-0.39, 0.29) is 18.1 Å². The molecule has 1 amide bonds. The maximum atomic E-state index is 13.4. The van der Waals surface area contributed by atoms with Gasteiger partial charge in [0.25, 0.3) is 11.5 Å². The Bertz CT molecular complexity index is 1100. The van der Waals surface area contributed by atoms with Crippen molar-refractivity contribution in [2.75, 3.05) is 10.6 Å². The van der Waals surface area contributed by atoms with Gasteiger partial charge in [-0.05, 0) is 18.9 Å². The molecule has 0 aliphatic heterocycles. The van der Waals surface area contributed by atoms with Gasteiger partial charge in [0.2, 0.25) is 0 Å².